The molecule has 0 aromatic carbocycles. The molecular formula is C10H17N3O2. The summed E-state index contributed by atoms with van der Waals surface area (Å²) in [6.07, 6.45) is 4.82. The third kappa shape index (κ3) is 3.28. The van der Waals surface area contributed by atoms with E-state index in [9.17, 15) is 0 Å². The van der Waals surface area contributed by atoms with Crippen LogP contribution in [0.4, 0.5) is 0 Å². The molecule has 1 atom stereocenters. The fraction of sp³-hybridized carbons (Fsp3) is 0.800. The van der Waals surface area contributed by atoms with Crippen LogP contribution in [0, 0.1) is 5.92 Å². The van der Waals surface area contributed by atoms with Crippen LogP contribution >= 0.6 is 0 Å². The third-order valence-corrected chi connectivity index (χ3v) is 2.70. The zero-order chi connectivity index (χ0) is 10.5. The van der Waals surface area contributed by atoms with Gasteiger partial charge < -0.3 is 14.6 Å². The van der Waals surface area contributed by atoms with Crippen LogP contribution in [0.5, 0.6) is 0 Å². The minimum atomic E-state index is 0.488. The van der Waals surface area contributed by atoms with Gasteiger partial charge in [0, 0.05) is 26.1 Å². The van der Waals surface area contributed by atoms with Crippen molar-refractivity contribution in [1.29, 1.82) is 0 Å². The number of hydrogen-bond donors (Lipinski definition) is 1. The van der Waals surface area contributed by atoms with E-state index in [4.69, 9.17) is 4.74 Å². The Morgan fingerprint density at radius 3 is 3.13 bits per heavy atom. The van der Waals surface area contributed by atoms with Gasteiger partial charge in [0.2, 0.25) is 6.39 Å². The molecule has 1 unspecified atom stereocenters. The highest BCUT2D eigenvalue weighted by molar-refractivity contribution is 4.87. The van der Waals surface area contributed by atoms with E-state index >= 15 is 0 Å². The summed E-state index contributed by atoms with van der Waals surface area (Å²) in [7, 11) is 1.75. The third-order valence-electron chi connectivity index (χ3n) is 2.70. The topological polar surface area (TPSA) is 60.2 Å². The van der Waals surface area contributed by atoms with Crippen LogP contribution in [0.15, 0.2) is 10.9 Å². The largest absolute Gasteiger partial charge is 0.383 e. The molecule has 1 aliphatic rings. The van der Waals surface area contributed by atoms with Gasteiger partial charge in [0.15, 0.2) is 5.82 Å². The Balaban J connectivity index is 1.66. The predicted octanol–water partition coefficient (Wildman–Crippen LogP) is 0.627. The maximum atomic E-state index is 5.18. The highest BCUT2D eigenvalue weighted by atomic mass is 16.5. The van der Waals surface area contributed by atoms with Crippen LogP contribution in [0.3, 0.4) is 0 Å². The number of nitrogens with zero attached hydrogens (tertiary/aromatic N) is 2. The number of nitrogens with one attached hydrogen (secondary N) is 1. The van der Waals surface area contributed by atoms with E-state index in [1.807, 2.05) is 0 Å². The summed E-state index contributed by atoms with van der Waals surface area (Å²) >= 11 is 0. The molecule has 1 aromatic rings. The molecule has 84 valence electrons. The monoisotopic (exact) mass is 211 g/mol. The van der Waals surface area contributed by atoms with E-state index in [0.29, 0.717) is 6.04 Å². The van der Waals surface area contributed by atoms with Gasteiger partial charge in [-0.1, -0.05) is 5.16 Å². The van der Waals surface area contributed by atoms with E-state index in [1.165, 1.54) is 19.2 Å². The average molecular weight is 211 g/mol. The molecule has 1 aliphatic carbocycles. The minimum Gasteiger partial charge on any atom is -0.383 e. The van der Waals surface area contributed by atoms with Gasteiger partial charge in [0.25, 0.3) is 0 Å². The molecule has 1 N–H and O–H groups in total. The molecule has 1 heterocycles. The van der Waals surface area contributed by atoms with Crippen molar-refractivity contribution in [3.63, 3.8) is 0 Å². The molecule has 15 heavy (non-hydrogen) atoms. The SMILES string of the molecule is COCC(NCCc1ncon1)C1CC1. The van der Waals surface area contributed by atoms with Crippen LogP contribution in [0.2, 0.25) is 0 Å². The lowest BCUT2D eigenvalue weighted by molar-refractivity contribution is 0.158. The number of hydrogen-bond acceptors (Lipinski definition) is 5. The lowest BCUT2D eigenvalue weighted by Crippen LogP contribution is -2.36. The van der Waals surface area contributed by atoms with Crippen LogP contribution in [-0.4, -0.2) is 36.4 Å². The van der Waals surface area contributed by atoms with E-state index in [2.05, 4.69) is 20.0 Å². The summed E-state index contributed by atoms with van der Waals surface area (Å²) in [6.45, 7) is 1.67. The van der Waals surface area contributed by atoms with Gasteiger partial charge in [0.05, 0.1) is 6.61 Å². The maximum Gasteiger partial charge on any atom is 0.213 e. The second-order valence-electron chi connectivity index (χ2n) is 3.95. The first-order valence-corrected chi connectivity index (χ1v) is 5.37. The van der Waals surface area contributed by atoms with Gasteiger partial charge in [0.1, 0.15) is 0 Å². The predicted molar refractivity (Wildman–Crippen MR) is 54.4 cm³/mol. The Hall–Kier alpha value is -0.940. The molecular weight excluding hydrogens is 194 g/mol. The van der Waals surface area contributed by atoms with Crippen molar-refractivity contribution in [1.82, 2.24) is 15.5 Å². The molecule has 1 fully saturated rings. The summed E-state index contributed by atoms with van der Waals surface area (Å²) < 4.78 is 9.85. The van der Waals surface area contributed by atoms with Crippen molar-refractivity contribution in [2.45, 2.75) is 25.3 Å². The second-order valence-corrected chi connectivity index (χ2v) is 3.95. The zero-order valence-corrected chi connectivity index (χ0v) is 8.98. The Morgan fingerprint density at radius 2 is 2.53 bits per heavy atom. The fourth-order valence-corrected chi connectivity index (χ4v) is 1.71. The lowest BCUT2D eigenvalue weighted by atomic mass is 10.2. The quantitative estimate of drug-likeness (QED) is 0.716. The summed E-state index contributed by atoms with van der Waals surface area (Å²) in [6, 6.07) is 0.488. The lowest BCUT2D eigenvalue weighted by Gasteiger charge is -2.16. The molecule has 2 rings (SSSR count). The molecule has 1 saturated carbocycles. The van der Waals surface area contributed by atoms with E-state index in [-0.39, 0.29) is 0 Å². The van der Waals surface area contributed by atoms with Gasteiger partial charge in [-0.25, -0.2) is 0 Å². The molecule has 0 aliphatic heterocycles. The van der Waals surface area contributed by atoms with E-state index in [1.54, 1.807) is 7.11 Å². The van der Waals surface area contributed by atoms with Crippen molar-refractivity contribution in [3.8, 4) is 0 Å². The van der Waals surface area contributed by atoms with Crippen molar-refractivity contribution in [2.75, 3.05) is 20.3 Å². The van der Waals surface area contributed by atoms with Crippen LogP contribution < -0.4 is 5.32 Å². The first-order chi connectivity index (χ1) is 7.40. The van der Waals surface area contributed by atoms with Gasteiger partial charge in [-0.3, -0.25) is 0 Å². The van der Waals surface area contributed by atoms with Crippen molar-refractivity contribution in [3.05, 3.63) is 12.2 Å². The summed E-state index contributed by atoms with van der Waals surface area (Å²) in [5.74, 6) is 1.56. The Labute approximate surface area is 89.2 Å². The normalized spacial score (nSPS) is 17.9. The first-order valence-electron chi connectivity index (χ1n) is 5.37. The Bertz CT molecular complexity index is 272. The molecule has 5 nitrogen and oxygen atoms in total. The first kappa shape index (κ1) is 10.6. The second kappa shape index (κ2) is 5.23. The molecule has 0 spiro atoms. The van der Waals surface area contributed by atoms with Crippen molar-refractivity contribution < 1.29 is 9.26 Å². The van der Waals surface area contributed by atoms with Crippen LogP contribution in [-0.2, 0) is 11.2 Å². The van der Waals surface area contributed by atoms with Gasteiger partial charge >= 0.3 is 0 Å². The van der Waals surface area contributed by atoms with Crippen molar-refractivity contribution in [2.24, 2.45) is 5.92 Å². The maximum absolute atomic E-state index is 5.18. The van der Waals surface area contributed by atoms with E-state index in [0.717, 1.165) is 31.3 Å². The van der Waals surface area contributed by atoms with Crippen LogP contribution in [0.25, 0.3) is 0 Å². The summed E-state index contributed by atoms with van der Waals surface area (Å²) in [5, 5.41) is 7.24. The number of rotatable bonds is 7. The molecule has 0 bridgehead atoms. The highest BCUT2D eigenvalue weighted by Crippen LogP contribution is 2.32. The molecule has 0 amide bonds. The standard InChI is InChI=1S/C10H17N3O2/c1-14-6-9(8-2-3-8)11-5-4-10-12-7-15-13-10/h7-9,11H,2-6H2,1H3. The molecule has 5 heteroatoms. The molecule has 1 aromatic heterocycles. The van der Waals surface area contributed by atoms with E-state index < -0.39 is 0 Å². The van der Waals surface area contributed by atoms with Gasteiger partial charge in [-0.15, -0.1) is 0 Å². The smallest absolute Gasteiger partial charge is 0.213 e. The Morgan fingerprint density at radius 1 is 1.67 bits per heavy atom. The number of aromatic nitrogens is 2. The zero-order valence-electron chi connectivity index (χ0n) is 8.98. The summed E-state index contributed by atoms with van der Waals surface area (Å²) in [4.78, 5) is 3.97. The fourth-order valence-electron chi connectivity index (χ4n) is 1.71. The number of methoxy groups -OCH3 is 1. The molecule has 0 saturated heterocycles. The minimum absolute atomic E-state index is 0.488. The van der Waals surface area contributed by atoms with Crippen LogP contribution in [0.1, 0.15) is 18.7 Å². The Kier molecular flexibility index (Phi) is 3.69. The number of ether oxygens (including phenoxy) is 1. The van der Waals surface area contributed by atoms with Crippen molar-refractivity contribution >= 4 is 0 Å². The molecule has 0 radical (unpaired) electrons. The average Bonchev–Trinajstić information content (AvgIpc) is 2.96. The van der Waals surface area contributed by atoms with Gasteiger partial charge in [-0.05, 0) is 18.8 Å². The van der Waals surface area contributed by atoms with Gasteiger partial charge in [-0.2, -0.15) is 4.98 Å². The summed E-state index contributed by atoms with van der Waals surface area (Å²) in [5.41, 5.74) is 0. The highest BCUT2D eigenvalue weighted by Gasteiger charge is 2.30.